The number of nitrogens with zero attached hydrogens (tertiary/aromatic N) is 3. The lowest BCUT2D eigenvalue weighted by molar-refractivity contribution is 0.0777. The van der Waals surface area contributed by atoms with Crippen LogP contribution in [-0.4, -0.2) is 40.1 Å². The number of aromatic nitrogens is 3. The van der Waals surface area contributed by atoms with Crippen molar-refractivity contribution in [2.75, 3.05) is 14.2 Å². The Morgan fingerprint density at radius 1 is 1.19 bits per heavy atom. The van der Waals surface area contributed by atoms with E-state index in [2.05, 4.69) is 22.1 Å². The van der Waals surface area contributed by atoms with Crippen LogP contribution in [0.3, 0.4) is 0 Å². The normalized spacial score (nSPS) is 10.6. The number of aromatic amines is 1. The molecule has 0 aliphatic carbocycles. The zero-order valence-corrected chi connectivity index (χ0v) is 15.2. The van der Waals surface area contributed by atoms with Crippen molar-refractivity contribution in [3.05, 3.63) is 65.6 Å². The van der Waals surface area contributed by atoms with Crippen molar-refractivity contribution in [3.63, 3.8) is 0 Å². The summed E-state index contributed by atoms with van der Waals surface area (Å²) in [6, 6.07) is 13.3. The maximum atomic E-state index is 12.6. The minimum Gasteiger partial charge on any atom is -0.497 e. The van der Waals surface area contributed by atoms with Crippen molar-refractivity contribution in [1.29, 1.82) is 0 Å². The van der Waals surface area contributed by atoms with E-state index in [1.165, 1.54) is 5.56 Å². The van der Waals surface area contributed by atoms with Gasteiger partial charge in [0, 0.05) is 18.8 Å². The van der Waals surface area contributed by atoms with Crippen LogP contribution in [0.2, 0.25) is 0 Å². The van der Waals surface area contributed by atoms with Gasteiger partial charge in [-0.1, -0.05) is 13.0 Å². The van der Waals surface area contributed by atoms with Crippen molar-refractivity contribution in [2.45, 2.75) is 19.9 Å². The molecule has 26 heavy (non-hydrogen) atoms. The Hall–Kier alpha value is -3.15. The molecule has 134 valence electrons. The third-order valence-electron chi connectivity index (χ3n) is 4.23. The molecule has 0 fully saturated rings. The number of pyridine rings is 1. The molecular formula is C20H22N4O2. The summed E-state index contributed by atoms with van der Waals surface area (Å²) in [5.41, 5.74) is 4.12. The highest BCUT2D eigenvalue weighted by atomic mass is 16.5. The van der Waals surface area contributed by atoms with Crippen molar-refractivity contribution >= 4 is 5.91 Å². The number of aryl methyl sites for hydroxylation is 1. The summed E-state index contributed by atoms with van der Waals surface area (Å²) in [7, 11) is 3.38. The second kappa shape index (κ2) is 7.82. The summed E-state index contributed by atoms with van der Waals surface area (Å²) in [5, 5.41) is 7.07. The van der Waals surface area contributed by atoms with Crippen molar-refractivity contribution in [3.8, 4) is 17.0 Å². The minimum atomic E-state index is -0.126. The molecule has 1 N–H and O–H groups in total. The van der Waals surface area contributed by atoms with Gasteiger partial charge in [0.2, 0.25) is 0 Å². The van der Waals surface area contributed by atoms with Gasteiger partial charge in [-0.2, -0.15) is 5.10 Å². The van der Waals surface area contributed by atoms with Crippen molar-refractivity contribution < 1.29 is 9.53 Å². The maximum absolute atomic E-state index is 12.6. The SMILES string of the molecule is CCc1ccc(CN(C)C(=O)c2cc(-c3ccc(OC)cc3)n[nH]2)nc1. The third kappa shape index (κ3) is 3.91. The molecule has 0 radical (unpaired) electrons. The maximum Gasteiger partial charge on any atom is 0.271 e. The first-order valence-corrected chi connectivity index (χ1v) is 8.49. The number of benzene rings is 1. The Morgan fingerprint density at radius 3 is 2.58 bits per heavy atom. The topological polar surface area (TPSA) is 71.1 Å². The van der Waals surface area contributed by atoms with E-state index in [4.69, 9.17) is 4.74 Å². The molecule has 0 atom stereocenters. The van der Waals surface area contributed by atoms with E-state index in [9.17, 15) is 4.79 Å². The summed E-state index contributed by atoms with van der Waals surface area (Å²) in [4.78, 5) is 18.7. The second-order valence-electron chi connectivity index (χ2n) is 6.07. The Morgan fingerprint density at radius 2 is 1.96 bits per heavy atom. The van der Waals surface area contributed by atoms with Crippen LogP contribution in [0.15, 0.2) is 48.7 Å². The van der Waals surface area contributed by atoms with Crippen molar-refractivity contribution in [1.82, 2.24) is 20.1 Å². The van der Waals surface area contributed by atoms with Crippen LogP contribution in [0.25, 0.3) is 11.3 Å². The lowest BCUT2D eigenvalue weighted by atomic mass is 10.1. The molecule has 1 amide bonds. The van der Waals surface area contributed by atoms with Gasteiger partial charge in [0.15, 0.2) is 0 Å². The highest BCUT2D eigenvalue weighted by molar-refractivity contribution is 5.93. The van der Waals surface area contributed by atoms with Crippen LogP contribution < -0.4 is 4.74 Å². The van der Waals surface area contributed by atoms with Crippen LogP contribution in [-0.2, 0) is 13.0 Å². The number of ether oxygens (including phenoxy) is 1. The summed E-state index contributed by atoms with van der Waals surface area (Å²) >= 11 is 0. The fraction of sp³-hybridized carbons (Fsp3) is 0.250. The lowest BCUT2D eigenvalue weighted by Crippen LogP contribution is -2.26. The molecule has 6 heteroatoms. The number of rotatable bonds is 6. The number of methoxy groups -OCH3 is 1. The molecule has 0 saturated heterocycles. The van der Waals surface area contributed by atoms with Gasteiger partial charge in [0.1, 0.15) is 11.4 Å². The smallest absolute Gasteiger partial charge is 0.271 e. The van der Waals surface area contributed by atoms with Gasteiger partial charge in [-0.25, -0.2) is 0 Å². The molecule has 2 heterocycles. The number of amides is 1. The number of nitrogens with one attached hydrogen (secondary N) is 1. The predicted octanol–water partition coefficient (Wildman–Crippen LogP) is 3.31. The van der Waals surface area contributed by atoms with E-state index in [1.807, 2.05) is 42.6 Å². The van der Waals surface area contributed by atoms with Gasteiger partial charge in [-0.05, 0) is 48.4 Å². The molecular weight excluding hydrogens is 328 g/mol. The van der Waals surface area contributed by atoms with Gasteiger partial charge >= 0.3 is 0 Å². The molecule has 3 aromatic rings. The Balaban J connectivity index is 1.69. The molecule has 0 saturated carbocycles. The van der Waals surface area contributed by atoms with E-state index in [-0.39, 0.29) is 5.91 Å². The van der Waals surface area contributed by atoms with Crippen LogP contribution in [0.1, 0.15) is 28.7 Å². The van der Waals surface area contributed by atoms with Gasteiger partial charge < -0.3 is 9.64 Å². The largest absolute Gasteiger partial charge is 0.497 e. The summed E-state index contributed by atoms with van der Waals surface area (Å²) in [6.07, 6.45) is 2.80. The number of H-pyrrole nitrogens is 1. The molecule has 6 nitrogen and oxygen atoms in total. The molecule has 0 spiro atoms. The Bertz CT molecular complexity index is 870. The third-order valence-corrected chi connectivity index (χ3v) is 4.23. The first-order chi connectivity index (χ1) is 12.6. The lowest BCUT2D eigenvalue weighted by Gasteiger charge is -2.15. The molecule has 3 rings (SSSR count). The molecule has 1 aromatic carbocycles. The van der Waals surface area contributed by atoms with Crippen LogP contribution >= 0.6 is 0 Å². The van der Waals surface area contributed by atoms with Crippen LogP contribution in [0, 0.1) is 0 Å². The second-order valence-corrected chi connectivity index (χ2v) is 6.07. The highest BCUT2D eigenvalue weighted by Gasteiger charge is 2.16. The summed E-state index contributed by atoms with van der Waals surface area (Å²) in [5.74, 6) is 0.653. The summed E-state index contributed by atoms with van der Waals surface area (Å²) in [6.45, 7) is 2.53. The van der Waals surface area contributed by atoms with Gasteiger partial charge in [-0.3, -0.25) is 14.9 Å². The van der Waals surface area contributed by atoms with Gasteiger partial charge in [-0.15, -0.1) is 0 Å². The fourth-order valence-corrected chi connectivity index (χ4v) is 2.62. The quantitative estimate of drug-likeness (QED) is 0.740. The standard InChI is InChI=1S/C20H22N4O2/c1-4-14-5-8-16(21-12-14)13-24(2)20(25)19-11-18(22-23-19)15-6-9-17(26-3)10-7-15/h5-12H,4,13H2,1-3H3,(H,22,23). The van der Waals surface area contributed by atoms with E-state index < -0.39 is 0 Å². The molecule has 0 unspecified atom stereocenters. The molecule has 0 aliphatic heterocycles. The first kappa shape index (κ1) is 17.7. The predicted molar refractivity (Wildman–Crippen MR) is 100.0 cm³/mol. The monoisotopic (exact) mass is 350 g/mol. The van der Waals surface area contributed by atoms with E-state index in [0.717, 1.165) is 29.1 Å². The van der Waals surface area contributed by atoms with Crippen LogP contribution in [0.5, 0.6) is 5.75 Å². The first-order valence-electron chi connectivity index (χ1n) is 8.49. The average molecular weight is 350 g/mol. The zero-order chi connectivity index (χ0) is 18.5. The molecule has 0 bridgehead atoms. The fourth-order valence-electron chi connectivity index (χ4n) is 2.62. The van der Waals surface area contributed by atoms with Gasteiger partial charge in [0.25, 0.3) is 5.91 Å². The van der Waals surface area contributed by atoms with Crippen molar-refractivity contribution in [2.24, 2.45) is 0 Å². The number of carbonyl (C=O) groups excluding carboxylic acids is 1. The van der Waals surface area contributed by atoms with E-state index >= 15 is 0 Å². The number of hydrogen-bond acceptors (Lipinski definition) is 4. The van der Waals surface area contributed by atoms with Gasteiger partial charge in [0.05, 0.1) is 25.0 Å². The highest BCUT2D eigenvalue weighted by Crippen LogP contribution is 2.21. The Kier molecular flexibility index (Phi) is 5.31. The number of hydrogen-bond donors (Lipinski definition) is 1. The Labute approximate surface area is 152 Å². The van der Waals surface area contributed by atoms with E-state index in [0.29, 0.717) is 12.2 Å². The summed E-state index contributed by atoms with van der Waals surface area (Å²) < 4.78 is 5.16. The number of carbonyl (C=O) groups is 1. The molecule has 2 aromatic heterocycles. The van der Waals surface area contributed by atoms with Crippen LogP contribution in [0.4, 0.5) is 0 Å². The average Bonchev–Trinajstić information content (AvgIpc) is 3.18. The zero-order valence-electron chi connectivity index (χ0n) is 15.2. The molecule has 0 aliphatic rings. The minimum absolute atomic E-state index is 0.126. The van der Waals surface area contributed by atoms with E-state index in [1.54, 1.807) is 25.1 Å².